The molecule has 1 aliphatic heterocycles. The minimum absolute atomic E-state index is 0. The molecule has 0 spiro atoms. The highest BCUT2D eigenvalue weighted by Crippen LogP contribution is 2.53. The van der Waals surface area contributed by atoms with Gasteiger partial charge in [-0.15, -0.1) is 24.8 Å². The Bertz CT molecular complexity index is 916. The van der Waals surface area contributed by atoms with Gasteiger partial charge in [-0.2, -0.15) is 0 Å². The van der Waals surface area contributed by atoms with Crippen molar-refractivity contribution in [3.8, 4) is 11.3 Å². The van der Waals surface area contributed by atoms with Crippen molar-refractivity contribution in [1.82, 2.24) is 9.88 Å². The number of aromatic nitrogens is 1. The first-order valence-electron chi connectivity index (χ1n) is 12.8. The number of hydrogen-bond acceptors (Lipinski definition) is 3. The summed E-state index contributed by atoms with van der Waals surface area (Å²) < 4.78 is 0. The van der Waals surface area contributed by atoms with Gasteiger partial charge in [0.15, 0.2) is 0 Å². The van der Waals surface area contributed by atoms with Crippen LogP contribution in [0.4, 0.5) is 5.69 Å². The van der Waals surface area contributed by atoms with Crippen LogP contribution in [0, 0.1) is 16.7 Å². The molecule has 3 fully saturated rings. The second-order valence-electron chi connectivity index (χ2n) is 12.3. The highest BCUT2D eigenvalue weighted by atomic mass is 35.5. The van der Waals surface area contributed by atoms with E-state index >= 15 is 0 Å². The van der Waals surface area contributed by atoms with Crippen LogP contribution in [-0.2, 0) is 0 Å². The quantitative estimate of drug-likeness (QED) is 0.422. The lowest BCUT2D eigenvalue weighted by molar-refractivity contribution is 0.0970. The number of pyridine rings is 1. The first-order chi connectivity index (χ1) is 15.3. The number of nitrogens with zero attached hydrogens (tertiary/aromatic N) is 3. The lowest BCUT2D eigenvalue weighted by Crippen LogP contribution is -2.47. The van der Waals surface area contributed by atoms with Crippen LogP contribution in [0.3, 0.4) is 0 Å². The fraction of sp³-hybridized carbons (Fsp3) is 0.621. The topological polar surface area (TPSA) is 19.4 Å². The Labute approximate surface area is 219 Å². The molecule has 0 N–H and O–H groups in total. The molecule has 2 aliphatic carbocycles. The Morgan fingerprint density at radius 3 is 2.15 bits per heavy atom. The summed E-state index contributed by atoms with van der Waals surface area (Å²) in [6.07, 6.45) is 8.67. The summed E-state index contributed by atoms with van der Waals surface area (Å²) in [6.45, 7) is 15.9. The van der Waals surface area contributed by atoms with Gasteiger partial charge in [-0.1, -0.05) is 39.8 Å². The van der Waals surface area contributed by atoms with Crippen molar-refractivity contribution in [3.05, 3.63) is 48.2 Å². The second kappa shape index (κ2) is 10.8. The van der Waals surface area contributed by atoms with Crippen LogP contribution < -0.4 is 4.90 Å². The van der Waals surface area contributed by atoms with E-state index in [1.165, 1.54) is 63.0 Å². The molecule has 1 aromatic heterocycles. The minimum Gasteiger partial charge on any atom is -0.369 e. The lowest BCUT2D eigenvalue weighted by atomic mass is 9.60. The summed E-state index contributed by atoms with van der Waals surface area (Å²) in [5.41, 5.74) is 6.15. The molecule has 3 aliphatic rings. The number of hydrogen-bond donors (Lipinski definition) is 0. The average molecular weight is 505 g/mol. The smallest absolute Gasteiger partial charge is 0.0702 e. The van der Waals surface area contributed by atoms with Crippen molar-refractivity contribution >= 4 is 30.5 Å². The third-order valence-electron chi connectivity index (χ3n) is 7.91. The number of rotatable bonds is 5. The summed E-state index contributed by atoms with van der Waals surface area (Å²) in [5.74, 6) is 1.60. The van der Waals surface area contributed by atoms with Crippen LogP contribution in [0.15, 0.2) is 42.6 Å². The van der Waals surface area contributed by atoms with Gasteiger partial charge in [0.05, 0.1) is 5.69 Å². The van der Waals surface area contributed by atoms with E-state index in [9.17, 15) is 0 Å². The number of piperazine rings is 1. The Kier molecular flexibility index (Phi) is 8.64. The molecular weight excluding hydrogens is 461 g/mol. The number of halogens is 2. The van der Waals surface area contributed by atoms with E-state index in [0.29, 0.717) is 16.7 Å². The van der Waals surface area contributed by atoms with Gasteiger partial charge in [0, 0.05) is 50.2 Å². The van der Waals surface area contributed by atoms with Gasteiger partial charge < -0.3 is 4.90 Å². The number of anilines is 1. The highest BCUT2D eigenvalue weighted by molar-refractivity contribution is 5.85. The van der Waals surface area contributed by atoms with Crippen LogP contribution in [0.2, 0.25) is 0 Å². The molecule has 2 aromatic rings. The van der Waals surface area contributed by atoms with Gasteiger partial charge in [-0.3, -0.25) is 9.88 Å². The molecule has 0 radical (unpaired) electrons. The maximum absolute atomic E-state index is 4.66. The van der Waals surface area contributed by atoms with Crippen LogP contribution >= 0.6 is 24.8 Å². The van der Waals surface area contributed by atoms with Crippen molar-refractivity contribution < 1.29 is 0 Å². The van der Waals surface area contributed by atoms with Crippen molar-refractivity contribution in [3.63, 3.8) is 0 Å². The maximum Gasteiger partial charge on any atom is 0.0702 e. The summed E-state index contributed by atoms with van der Waals surface area (Å²) in [5, 5.41) is 0. The third kappa shape index (κ3) is 6.47. The molecule has 34 heavy (non-hydrogen) atoms. The molecule has 0 amide bonds. The Hall–Kier alpha value is -1.29. The lowest BCUT2D eigenvalue weighted by Gasteiger charge is -2.46. The van der Waals surface area contributed by atoms with Crippen molar-refractivity contribution in [2.75, 3.05) is 37.6 Å². The standard InChI is InChI=1S/C29H41N3.2ClH/c1-28(2)18-24(19-29(3,4)21-28)25-17-23(26-7-5-6-12-30-26)10-11-27(25)32-15-13-31(14-16-32)20-22-8-9-22;;/h5-7,10-12,17,22,24H,8-9,13-16,18-21H2,1-4H3;2*1H. The molecule has 2 saturated carbocycles. The SMILES string of the molecule is CC1(C)CC(c2cc(-c3ccccn3)ccc2N2CCN(CC3CC3)CC2)CC(C)(C)C1.Cl.Cl. The molecule has 0 bridgehead atoms. The largest absolute Gasteiger partial charge is 0.369 e. The Morgan fingerprint density at radius 2 is 1.56 bits per heavy atom. The normalized spacial score (nSPS) is 22.5. The van der Waals surface area contributed by atoms with Crippen LogP contribution in [-0.4, -0.2) is 42.6 Å². The molecule has 188 valence electrons. The van der Waals surface area contributed by atoms with Crippen molar-refractivity contribution in [1.29, 1.82) is 0 Å². The molecule has 3 nitrogen and oxygen atoms in total. The second-order valence-corrected chi connectivity index (χ2v) is 12.3. The highest BCUT2D eigenvalue weighted by Gasteiger charge is 2.40. The first-order valence-corrected chi connectivity index (χ1v) is 12.8. The fourth-order valence-corrected chi connectivity index (χ4v) is 6.77. The van der Waals surface area contributed by atoms with Gasteiger partial charge in [-0.25, -0.2) is 0 Å². The predicted octanol–water partition coefficient (Wildman–Crippen LogP) is 7.44. The molecule has 0 atom stereocenters. The zero-order chi connectivity index (χ0) is 22.3. The fourth-order valence-electron chi connectivity index (χ4n) is 6.77. The van der Waals surface area contributed by atoms with Crippen LogP contribution in [0.25, 0.3) is 11.3 Å². The molecule has 0 unspecified atom stereocenters. The van der Waals surface area contributed by atoms with E-state index in [4.69, 9.17) is 0 Å². The first kappa shape index (κ1) is 27.3. The monoisotopic (exact) mass is 503 g/mol. The van der Waals surface area contributed by atoms with Gasteiger partial charge >= 0.3 is 0 Å². The Morgan fingerprint density at radius 1 is 0.882 bits per heavy atom. The summed E-state index contributed by atoms with van der Waals surface area (Å²) in [4.78, 5) is 10.0. The number of benzene rings is 1. The molecule has 1 aromatic carbocycles. The van der Waals surface area contributed by atoms with E-state index in [1.807, 2.05) is 12.3 Å². The van der Waals surface area contributed by atoms with Gasteiger partial charge in [0.2, 0.25) is 0 Å². The summed E-state index contributed by atoms with van der Waals surface area (Å²) in [6, 6.07) is 13.4. The summed E-state index contributed by atoms with van der Waals surface area (Å²) in [7, 11) is 0. The van der Waals surface area contributed by atoms with E-state index in [0.717, 1.165) is 24.7 Å². The minimum atomic E-state index is 0. The van der Waals surface area contributed by atoms with Crippen LogP contribution in [0.5, 0.6) is 0 Å². The van der Waals surface area contributed by atoms with Gasteiger partial charge in [-0.05, 0) is 84.6 Å². The molecule has 5 rings (SSSR count). The zero-order valence-corrected chi connectivity index (χ0v) is 23.1. The van der Waals surface area contributed by atoms with E-state index in [1.54, 1.807) is 5.56 Å². The Balaban J connectivity index is 0.00000162. The molecule has 2 heterocycles. The van der Waals surface area contributed by atoms with Crippen molar-refractivity contribution in [2.45, 2.75) is 65.7 Å². The molecule has 5 heteroatoms. The van der Waals surface area contributed by atoms with Gasteiger partial charge in [0.25, 0.3) is 0 Å². The summed E-state index contributed by atoms with van der Waals surface area (Å²) >= 11 is 0. The van der Waals surface area contributed by atoms with E-state index in [2.05, 4.69) is 72.8 Å². The van der Waals surface area contributed by atoms with Crippen LogP contribution in [0.1, 0.15) is 71.3 Å². The van der Waals surface area contributed by atoms with Gasteiger partial charge in [0.1, 0.15) is 0 Å². The molecular formula is C29H43Cl2N3. The van der Waals surface area contributed by atoms with E-state index < -0.39 is 0 Å². The zero-order valence-electron chi connectivity index (χ0n) is 21.4. The maximum atomic E-state index is 4.66. The third-order valence-corrected chi connectivity index (χ3v) is 7.91. The van der Waals surface area contributed by atoms with E-state index in [-0.39, 0.29) is 24.8 Å². The van der Waals surface area contributed by atoms with Crippen molar-refractivity contribution in [2.24, 2.45) is 16.7 Å². The molecule has 1 saturated heterocycles. The predicted molar refractivity (Wildman–Crippen MR) is 150 cm³/mol. The average Bonchev–Trinajstić information content (AvgIpc) is 3.56.